The van der Waals surface area contributed by atoms with Gasteiger partial charge in [0.1, 0.15) is 11.6 Å². The molecule has 0 saturated carbocycles. The molecule has 5 aromatic rings. The number of H-pyrrole nitrogens is 2. The zero-order valence-electron chi connectivity index (χ0n) is 14.3. The number of fused-ring (bicyclic) bond motifs is 2. The van der Waals surface area contributed by atoms with Crippen LogP contribution in [0.3, 0.4) is 0 Å². The van der Waals surface area contributed by atoms with Crippen molar-refractivity contribution in [2.24, 2.45) is 0 Å². The highest BCUT2D eigenvalue weighted by Gasteiger charge is 2.07. The molecule has 2 aromatic carbocycles. The molecule has 0 fully saturated rings. The summed E-state index contributed by atoms with van der Waals surface area (Å²) in [6, 6.07) is 16.7. The molecule has 5 heteroatoms. The molecule has 3 heterocycles. The van der Waals surface area contributed by atoms with E-state index in [2.05, 4.69) is 61.3 Å². The third-order valence-corrected chi connectivity index (χ3v) is 4.55. The molecular formula is C21H17N5. The molecule has 0 spiro atoms. The first kappa shape index (κ1) is 14.8. The van der Waals surface area contributed by atoms with Gasteiger partial charge in [0, 0.05) is 18.0 Å². The predicted octanol–water partition coefficient (Wildman–Crippen LogP) is 4.40. The van der Waals surface area contributed by atoms with Gasteiger partial charge in [-0.15, -0.1) is 0 Å². The number of hydrogen-bond acceptors (Lipinski definition) is 3. The maximum atomic E-state index is 4.67. The average Bonchev–Trinajstić information content (AvgIpc) is 3.24. The number of aromatic amines is 2. The van der Waals surface area contributed by atoms with Gasteiger partial charge in [-0.3, -0.25) is 4.98 Å². The van der Waals surface area contributed by atoms with Gasteiger partial charge in [-0.2, -0.15) is 0 Å². The summed E-state index contributed by atoms with van der Waals surface area (Å²) in [5.74, 6) is 1.79. The third kappa shape index (κ3) is 2.63. The first-order valence-electron chi connectivity index (χ1n) is 8.59. The number of benzene rings is 2. The molecule has 126 valence electrons. The van der Waals surface area contributed by atoms with E-state index in [9.17, 15) is 0 Å². The van der Waals surface area contributed by atoms with Crippen molar-refractivity contribution < 1.29 is 0 Å². The van der Waals surface area contributed by atoms with Gasteiger partial charge in [-0.05, 0) is 60.9 Å². The summed E-state index contributed by atoms with van der Waals surface area (Å²) in [7, 11) is 0. The predicted molar refractivity (Wildman–Crippen MR) is 103 cm³/mol. The van der Waals surface area contributed by atoms with Crippen molar-refractivity contribution in [3.05, 3.63) is 77.9 Å². The molecule has 0 amide bonds. The van der Waals surface area contributed by atoms with Gasteiger partial charge < -0.3 is 9.97 Å². The molecule has 0 aliphatic carbocycles. The van der Waals surface area contributed by atoms with Crippen LogP contribution in [0.5, 0.6) is 0 Å². The number of imidazole rings is 2. The fraction of sp³-hybridized carbons (Fsp3) is 0.0952. The van der Waals surface area contributed by atoms with E-state index in [1.54, 1.807) is 6.20 Å². The van der Waals surface area contributed by atoms with Crippen LogP contribution in [0.4, 0.5) is 0 Å². The molecule has 2 N–H and O–H groups in total. The lowest BCUT2D eigenvalue weighted by Crippen LogP contribution is -1.88. The van der Waals surface area contributed by atoms with Crippen molar-refractivity contribution in [2.45, 2.75) is 13.3 Å². The summed E-state index contributed by atoms with van der Waals surface area (Å²) in [4.78, 5) is 20.0. The number of pyridine rings is 1. The van der Waals surface area contributed by atoms with E-state index in [-0.39, 0.29) is 0 Å². The second kappa shape index (κ2) is 5.81. The van der Waals surface area contributed by atoms with Crippen LogP contribution in [0.1, 0.15) is 17.0 Å². The van der Waals surface area contributed by atoms with Crippen molar-refractivity contribution in [1.29, 1.82) is 0 Å². The van der Waals surface area contributed by atoms with E-state index in [0.717, 1.165) is 45.7 Å². The minimum atomic E-state index is 0.847. The molecular weight excluding hydrogens is 322 g/mol. The second-order valence-corrected chi connectivity index (χ2v) is 6.53. The number of rotatable bonds is 3. The van der Waals surface area contributed by atoms with Crippen LogP contribution in [-0.2, 0) is 6.42 Å². The Balaban J connectivity index is 1.48. The van der Waals surface area contributed by atoms with Gasteiger partial charge in [0.15, 0.2) is 0 Å². The van der Waals surface area contributed by atoms with E-state index >= 15 is 0 Å². The van der Waals surface area contributed by atoms with Crippen LogP contribution in [0.25, 0.3) is 33.5 Å². The van der Waals surface area contributed by atoms with Crippen molar-refractivity contribution in [3.63, 3.8) is 0 Å². The van der Waals surface area contributed by atoms with E-state index < -0.39 is 0 Å². The van der Waals surface area contributed by atoms with Gasteiger partial charge in [0.05, 0.1) is 22.1 Å². The Morgan fingerprint density at radius 3 is 2.31 bits per heavy atom. The maximum absolute atomic E-state index is 4.67. The van der Waals surface area contributed by atoms with Crippen LogP contribution in [-0.4, -0.2) is 24.9 Å². The Labute approximate surface area is 150 Å². The fourth-order valence-corrected chi connectivity index (χ4v) is 3.34. The summed E-state index contributed by atoms with van der Waals surface area (Å²) >= 11 is 0. The zero-order chi connectivity index (χ0) is 17.5. The minimum absolute atomic E-state index is 0.847. The Hall–Kier alpha value is -3.47. The van der Waals surface area contributed by atoms with Crippen LogP contribution in [0.2, 0.25) is 0 Å². The molecule has 0 aliphatic rings. The molecule has 0 aliphatic heterocycles. The molecule has 0 unspecified atom stereocenters. The zero-order valence-corrected chi connectivity index (χ0v) is 14.3. The van der Waals surface area contributed by atoms with E-state index in [1.807, 2.05) is 25.3 Å². The van der Waals surface area contributed by atoms with Crippen molar-refractivity contribution in [1.82, 2.24) is 24.9 Å². The lowest BCUT2D eigenvalue weighted by atomic mass is 10.0. The number of aromatic nitrogens is 5. The minimum Gasteiger partial charge on any atom is -0.342 e. The molecule has 0 radical (unpaired) electrons. The largest absolute Gasteiger partial charge is 0.342 e. The molecule has 0 saturated heterocycles. The highest BCUT2D eigenvalue weighted by atomic mass is 14.9. The van der Waals surface area contributed by atoms with Gasteiger partial charge in [0.25, 0.3) is 0 Å². The standard InChI is InChI=1S/C21H17N5/c1-13-23-17-6-4-14(10-19(17)24-13)9-15-5-7-18-20(11-15)26-21(25-18)16-3-2-8-22-12-16/h2-8,10-12H,9H2,1H3,(H,23,24)(H,25,26). The van der Waals surface area contributed by atoms with Crippen LogP contribution in [0, 0.1) is 6.92 Å². The van der Waals surface area contributed by atoms with Gasteiger partial charge >= 0.3 is 0 Å². The van der Waals surface area contributed by atoms with E-state index in [1.165, 1.54) is 11.1 Å². The number of nitrogens with zero attached hydrogens (tertiary/aromatic N) is 3. The summed E-state index contributed by atoms with van der Waals surface area (Å²) in [6.07, 6.45) is 4.45. The SMILES string of the molecule is Cc1nc2ccc(Cc3ccc4nc(-c5cccnc5)[nH]c4c3)cc2[nH]1. The van der Waals surface area contributed by atoms with E-state index in [0.29, 0.717) is 0 Å². The summed E-state index contributed by atoms with van der Waals surface area (Å²) in [5, 5.41) is 0. The summed E-state index contributed by atoms with van der Waals surface area (Å²) in [6.45, 7) is 1.98. The Bertz CT molecular complexity index is 1220. The number of nitrogens with one attached hydrogen (secondary N) is 2. The Kier molecular flexibility index (Phi) is 3.31. The monoisotopic (exact) mass is 339 g/mol. The topological polar surface area (TPSA) is 70.2 Å². The van der Waals surface area contributed by atoms with Crippen LogP contribution in [0.15, 0.2) is 60.9 Å². The first-order valence-corrected chi connectivity index (χ1v) is 8.59. The van der Waals surface area contributed by atoms with Gasteiger partial charge in [-0.25, -0.2) is 9.97 Å². The molecule has 3 aromatic heterocycles. The van der Waals surface area contributed by atoms with Crippen molar-refractivity contribution in [2.75, 3.05) is 0 Å². The highest BCUT2D eigenvalue weighted by Crippen LogP contribution is 2.22. The molecule has 0 atom stereocenters. The maximum Gasteiger partial charge on any atom is 0.140 e. The lowest BCUT2D eigenvalue weighted by Gasteiger charge is -2.02. The van der Waals surface area contributed by atoms with Crippen molar-refractivity contribution in [3.8, 4) is 11.4 Å². The fourth-order valence-electron chi connectivity index (χ4n) is 3.34. The quantitative estimate of drug-likeness (QED) is 0.512. The van der Waals surface area contributed by atoms with Crippen LogP contribution >= 0.6 is 0 Å². The number of hydrogen-bond donors (Lipinski definition) is 2. The highest BCUT2D eigenvalue weighted by molar-refractivity contribution is 5.80. The molecule has 5 nitrogen and oxygen atoms in total. The van der Waals surface area contributed by atoms with Gasteiger partial charge in [0.2, 0.25) is 0 Å². The Morgan fingerprint density at radius 2 is 1.58 bits per heavy atom. The van der Waals surface area contributed by atoms with Crippen molar-refractivity contribution >= 4 is 22.1 Å². The van der Waals surface area contributed by atoms with Gasteiger partial charge in [-0.1, -0.05) is 12.1 Å². The first-order chi connectivity index (χ1) is 12.7. The second-order valence-electron chi connectivity index (χ2n) is 6.53. The third-order valence-electron chi connectivity index (χ3n) is 4.55. The van der Waals surface area contributed by atoms with Crippen LogP contribution < -0.4 is 0 Å². The van der Waals surface area contributed by atoms with E-state index in [4.69, 9.17) is 0 Å². The summed E-state index contributed by atoms with van der Waals surface area (Å²) in [5.41, 5.74) is 7.59. The molecule has 0 bridgehead atoms. The average molecular weight is 339 g/mol. The lowest BCUT2D eigenvalue weighted by molar-refractivity contribution is 1.17. The Morgan fingerprint density at radius 1 is 0.846 bits per heavy atom. The molecule has 26 heavy (non-hydrogen) atoms. The smallest absolute Gasteiger partial charge is 0.140 e. The normalized spacial score (nSPS) is 11.4. The summed E-state index contributed by atoms with van der Waals surface area (Å²) < 4.78 is 0. The molecule has 5 rings (SSSR count). The number of aryl methyl sites for hydroxylation is 1.